The summed E-state index contributed by atoms with van der Waals surface area (Å²) in [5, 5.41) is 7.57. The highest BCUT2D eigenvalue weighted by atomic mass is 32.3. The summed E-state index contributed by atoms with van der Waals surface area (Å²) in [5.74, 6) is -2.02. The van der Waals surface area contributed by atoms with Crippen LogP contribution >= 0.6 is 0 Å². The number of aromatic nitrogens is 2. The minimum atomic E-state index is -4.25. The molecule has 0 radical (unpaired) electrons. The van der Waals surface area contributed by atoms with Crippen LogP contribution in [-0.4, -0.2) is 49.2 Å². The van der Waals surface area contributed by atoms with E-state index in [2.05, 4.69) is 9.97 Å². The van der Waals surface area contributed by atoms with Crippen LogP contribution in [0.5, 0.6) is 0 Å². The summed E-state index contributed by atoms with van der Waals surface area (Å²) < 4.78 is 46.4. The zero-order valence-corrected chi connectivity index (χ0v) is 10.7. The van der Waals surface area contributed by atoms with Gasteiger partial charge in [-0.05, 0) is 0 Å². The molecule has 0 atom stereocenters. The van der Waals surface area contributed by atoms with E-state index in [1.165, 1.54) is 0 Å². The molecule has 1 aromatic rings. The molecular formula is C7H9N3O6S2. The molecule has 0 fully saturated rings. The van der Waals surface area contributed by atoms with Crippen LogP contribution in [0, 0.1) is 0 Å². The van der Waals surface area contributed by atoms with Crippen molar-refractivity contribution in [3.05, 3.63) is 18.1 Å². The molecule has 0 saturated carbocycles. The van der Waals surface area contributed by atoms with Gasteiger partial charge in [-0.25, -0.2) is 31.6 Å². The molecule has 1 aromatic heterocycles. The van der Waals surface area contributed by atoms with Gasteiger partial charge >= 0.3 is 5.97 Å². The number of anilines is 1. The molecule has 2 N–H and O–H groups in total. The lowest BCUT2D eigenvalue weighted by Crippen LogP contribution is -2.24. The van der Waals surface area contributed by atoms with Crippen molar-refractivity contribution in [3.63, 3.8) is 0 Å². The number of hydrogen-bond donors (Lipinski definition) is 2. The minimum Gasteiger partial charge on any atom is -0.476 e. The van der Waals surface area contributed by atoms with E-state index in [1.54, 1.807) is 4.72 Å². The van der Waals surface area contributed by atoms with E-state index in [9.17, 15) is 21.6 Å². The second-order valence-electron chi connectivity index (χ2n) is 3.32. The number of nitrogens with zero attached hydrogens (tertiary/aromatic N) is 2. The van der Waals surface area contributed by atoms with Crippen LogP contribution in [0.1, 0.15) is 10.5 Å². The van der Waals surface area contributed by atoms with E-state index >= 15 is 0 Å². The van der Waals surface area contributed by atoms with Crippen molar-refractivity contribution < 1.29 is 26.7 Å². The fourth-order valence-corrected chi connectivity index (χ4v) is 3.96. The van der Waals surface area contributed by atoms with Crippen LogP contribution in [-0.2, 0) is 19.9 Å². The van der Waals surface area contributed by atoms with Gasteiger partial charge in [0, 0.05) is 18.6 Å². The number of carbonyl (C=O) groups is 1. The number of sulfonamides is 1. The Morgan fingerprint density at radius 1 is 1.28 bits per heavy atom. The zero-order valence-electron chi connectivity index (χ0n) is 9.06. The lowest BCUT2D eigenvalue weighted by molar-refractivity contribution is 0.0691. The molecule has 0 amide bonds. The standard InChI is InChI=1S/C7H9N3O6S2/c1-17(13,14)4-18(15,16)10-6-5(7(11)12)8-2-3-9-6/h2-3H,4H2,1H3,(H,9,10)(H,11,12). The van der Waals surface area contributed by atoms with Crippen LogP contribution in [0.25, 0.3) is 0 Å². The summed E-state index contributed by atoms with van der Waals surface area (Å²) in [5.41, 5.74) is -0.616. The first-order chi connectivity index (χ1) is 8.11. The lowest BCUT2D eigenvalue weighted by Gasteiger charge is -2.07. The maximum absolute atomic E-state index is 11.4. The molecule has 9 nitrogen and oxygen atoms in total. The van der Waals surface area contributed by atoms with Gasteiger partial charge in [0.2, 0.25) is 10.0 Å². The zero-order chi connectivity index (χ0) is 14.0. The molecule has 1 rings (SSSR count). The second-order valence-corrected chi connectivity index (χ2v) is 7.55. The molecule has 100 valence electrons. The Morgan fingerprint density at radius 3 is 2.33 bits per heavy atom. The monoisotopic (exact) mass is 295 g/mol. The smallest absolute Gasteiger partial charge is 0.358 e. The molecule has 0 aliphatic rings. The predicted octanol–water partition coefficient (Wildman–Crippen LogP) is -1.08. The van der Waals surface area contributed by atoms with Crippen LogP contribution in [0.3, 0.4) is 0 Å². The van der Waals surface area contributed by atoms with E-state index in [0.29, 0.717) is 0 Å². The third-order valence-electron chi connectivity index (χ3n) is 1.52. The van der Waals surface area contributed by atoms with E-state index in [4.69, 9.17) is 5.11 Å². The molecule has 1 heterocycles. The van der Waals surface area contributed by atoms with E-state index in [-0.39, 0.29) is 0 Å². The van der Waals surface area contributed by atoms with Crippen molar-refractivity contribution >= 4 is 31.6 Å². The van der Waals surface area contributed by atoms with Gasteiger partial charge in [0.1, 0.15) is 0 Å². The van der Waals surface area contributed by atoms with Gasteiger partial charge in [-0.3, -0.25) is 4.72 Å². The van der Waals surface area contributed by atoms with Crippen LogP contribution in [0.4, 0.5) is 5.82 Å². The Balaban J connectivity index is 3.09. The van der Waals surface area contributed by atoms with Crippen molar-refractivity contribution in [2.45, 2.75) is 0 Å². The first-order valence-electron chi connectivity index (χ1n) is 4.33. The predicted molar refractivity (Wildman–Crippen MR) is 61.2 cm³/mol. The quantitative estimate of drug-likeness (QED) is 0.698. The molecule has 0 saturated heterocycles. The number of carboxylic acid groups (broad SMARTS) is 1. The van der Waals surface area contributed by atoms with E-state index in [1.807, 2.05) is 0 Å². The number of aromatic carboxylic acids is 1. The summed E-state index contributed by atoms with van der Waals surface area (Å²) in [6.07, 6.45) is 2.88. The van der Waals surface area contributed by atoms with Gasteiger partial charge in [-0.15, -0.1) is 0 Å². The lowest BCUT2D eigenvalue weighted by atomic mass is 10.4. The van der Waals surface area contributed by atoms with E-state index < -0.39 is 42.4 Å². The topological polar surface area (TPSA) is 143 Å². The third-order valence-corrected chi connectivity index (χ3v) is 4.98. The average Bonchev–Trinajstić information content (AvgIpc) is 2.13. The number of sulfone groups is 1. The van der Waals surface area contributed by atoms with E-state index in [0.717, 1.165) is 18.6 Å². The maximum Gasteiger partial charge on any atom is 0.358 e. The van der Waals surface area contributed by atoms with Crippen molar-refractivity contribution in [3.8, 4) is 0 Å². The summed E-state index contributed by atoms with van der Waals surface area (Å²) >= 11 is 0. The fraction of sp³-hybridized carbons (Fsp3) is 0.286. The van der Waals surface area contributed by atoms with Crippen molar-refractivity contribution in [1.29, 1.82) is 0 Å². The summed E-state index contributed by atoms with van der Waals surface area (Å²) in [4.78, 5) is 17.6. The fourth-order valence-electron chi connectivity index (χ4n) is 1.03. The number of hydrogen-bond acceptors (Lipinski definition) is 7. The Labute approximate surface area is 103 Å². The Bertz CT molecular complexity index is 666. The second kappa shape index (κ2) is 4.86. The van der Waals surface area contributed by atoms with Gasteiger partial charge in [-0.2, -0.15) is 0 Å². The van der Waals surface area contributed by atoms with Crippen molar-refractivity contribution in [1.82, 2.24) is 9.97 Å². The number of carboxylic acids is 1. The Morgan fingerprint density at radius 2 is 1.83 bits per heavy atom. The summed E-state index contributed by atoms with van der Waals surface area (Å²) in [6, 6.07) is 0. The maximum atomic E-state index is 11.4. The molecule has 0 aromatic carbocycles. The highest BCUT2D eigenvalue weighted by Crippen LogP contribution is 2.11. The van der Waals surface area contributed by atoms with Crippen LogP contribution < -0.4 is 4.72 Å². The van der Waals surface area contributed by atoms with Gasteiger partial charge < -0.3 is 5.11 Å². The summed E-state index contributed by atoms with van der Waals surface area (Å²) in [7, 11) is -8.03. The van der Waals surface area contributed by atoms with Crippen LogP contribution in [0.2, 0.25) is 0 Å². The Hall–Kier alpha value is -1.75. The van der Waals surface area contributed by atoms with Crippen LogP contribution in [0.15, 0.2) is 12.4 Å². The molecule has 0 aliphatic heterocycles. The Kier molecular flexibility index (Phi) is 3.86. The third kappa shape index (κ3) is 4.25. The first-order valence-corrected chi connectivity index (χ1v) is 8.04. The molecule has 11 heteroatoms. The molecule has 0 spiro atoms. The minimum absolute atomic E-state index is 0.534. The van der Waals surface area contributed by atoms with Gasteiger partial charge in [-0.1, -0.05) is 0 Å². The van der Waals surface area contributed by atoms with Crippen molar-refractivity contribution in [2.75, 3.05) is 16.1 Å². The van der Waals surface area contributed by atoms with Gasteiger partial charge in [0.15, 0.2) is 26.4 Å². The molecule has 0 aliphatic carbocycles. The normalized spacial score (nSPS) is 12.1. The van der Waals surface area contributed by atoms with Crippen molar-refractivity contribution in [2.24, 2.45) is 0 Å². The molecule has 0 unspecified atom stereocenters. The molecule has 18 heavy (non-hydrogen) atoms. The highest BCUT2D eigenvalue weighted by molar-refractivity contribution is 8.08. The number of nitrogens with one attached hydrogen (secondary N) is 1. The SMILES string of the molecule is CS(=O)(=O)CS(=O)(=O)Nc1nccnc1C(=O)O. The largest absolute Gasteiger partial charge is 0.476 e. The number of rotatable bonds is 5. The average molecular weight is 295 g/mol. The highest BCUT2D eigenvalue weighted by Gasteiger charge is 2.22. The van der Waals surface area contributed by atoms with Gasteiger partial charge in [0.05, 0.1) is 0 Å². The first kappa shape index (κ1) is 14.3. The summed E-state index contributed by atoms with van der Waals surface area (Å²) in [6.45, 7) is 0. The molecular weight excluding hydrogens is 286 g/mol. The molecule has 0 bridgehead atoms. The van der Waals surface area contributed by atoms with Gasteiger partial charge in [0.25, 0.3) is 0 Å².